The maximum atomic E-state index is 11.7. The van der Waals surface area contributed by atoms with Crippen molar-refractivity contribution >= 4 is 5.97 Å². The second-order valence-electron chi connectivity index (χ2n) is 3.94. The van der Waals surface area contributed by atoms with E-state index in [0.717, 1.165) is 6.42 Å². The van der Waals surface area contributed by atoms with Crippen molar-refractivity contribution < 1.29 is 9.53 Å². The van der Waals surface area contributed by atoms with Crippen molar-refractivity contribution in [3.05, 3.63) is 22.9 Å². The largest absolute Gasteiger partial charge is 0.462 e. The summed E-state index contributed by atoms with van der Waals surface area (Å²) in [6, 6.07) is 0. The highest BCUT2D eigenvalue weighted by Crippen LogP contribution is 1.93. The highest BCUT2D eigenvalue weighted by Gasteiger charge is 2.09. The Morgan fingerprint density at radius 1 is 1.38 bits per heavy atom. The summed E-state index contributed by atoms with van der Waals surface area (Å²) in [5.74, 6) is -0.383. The molecule has 16 heavy (non-hydrogen) atoms. The lowest BCUT2D eigenvalue weighted by molar-refractivity contribution is -0.148. The van der Waals surface area contributed by atoms with E-state index in [9.17, 15) is 9.59 Å². The van der Waals surface area contributed by atoms with E-state index >= 15 is 0 Å². The van der Waals surface area contributed by atoms with E-state index in [-0.39, 0.29) is 24.3 Å². The number of hydrogen-bond acceptors (Lipinski definition) is 3. The molecule has 1 rings (SSSR count). The van der Waals surface area contributed by atoms with Crippen LogP contribution in [0.15, 0.2) is 17.2 Å². The predicted octanol–water partition coefficient (Wildman–Crippen LogP) is 1.01. The Kier molecular flexibility index (Phi) is 4.34. The van der Waals surface area contributed by atoms with E-state index in [4.69, 9.17) is 4.74 Å². The van der Waals surface area contributed by atoms with E-state index in [0.29, 0.717) is 6.54 Å². The third-order valence-corrected chi connectivity index (χ3v) is 2.05. The number of hydrogen-bond donors (Lipinski definition) is 0. The first-order valence-corrected chi connectivity index (χ1v) is 5.49. The molecule has 0 aromatic carbocycles. The Balaban J connectivity index is 2.68. The molecule has 0 fully saturated rings. The van der Waals surface area contributed by atoms with Crippen LogP contribution in [-0.4, -0.2) is 21.2 Å². The fourth-order valence-electron chi connectivity index (χ4n) is 1.42. The molecule has 5 heteroatoms. The average Bonchev–Trinajstić information content (AvgIpc) is 2.49. The van der Waals surface area contributed by atoms with Crippen LogP contribution in [0.2, 0.25) is 0 Å². The summed E-state index contributed by atoms with van der Waals surface area (Å²) >= 11 is 0. The lowest BCUT2D eigenvalue weighted by atomic mass is 10.5. The molecule has 0 unspecified atom stereocenters. The van der Waals surface area contributed by atoms with Crippen LogP contribution in [0, 0.1) is 0 Å². The molecule has 0 spiro atoms. The number of esters is 1. The smallest absolute Gasteiger partial charge is 0.328 e. The third kappa shape index (κ3) is 3.25. The first kappa shape index (κ1) is 12.5. The molecule has 0 aliphatic carbocycles. The summed E-state index contributed by atoms with van der Waals surface area (Å²) in [6.07, 6.45) is 4.04. The Labute approximate surface area is 94.6 Å². The number of nitrogens with zero attached hydrogens (tertiary/aromatic N) is 2. The lowest BCUT2D eigenvalue weighted by Gasteiger charge is -2.07. The molecule has 0 saturated carbocycles. The molecule has 1 aromatic heterocycles. The second kappa shape index (κ2) is 5.53. The van der Waals surface area contributed by atoms with Crippen molar-refractivity contribution in [1.82, 2.24) is 9.13 Å². The molecule has 1 heterocycles. The minimum atomic E-state index is -0.383. The monoisotopic (exact) mass is 226 g/mol. The average molecular weight is 226 g/mol. The quantitative estimate of drug-likeness (QED) is 0.704. The summed E-state index contributed by atoms with van der Waals surface area (Å²) in [4.78, 5) is 23.0. The van der Waals surface area contributed by atoms with E-state index in [1.165, 1.54) is 4.57 Å². The van der Waals surface area contributed by atoms with Gasteiger partial charge in [0.15, 0.2) is 0 Å². The van der Waals surface area contributed by atoms with E-state index < -0.39 is 0 Å². The van der Waals surface area contributed by atoms with Gasteiger partial charge in [0.05, 0.1) is 6.10 Å². The predicted molar refractivity (Wildman–Crippen MR) is 60.2 cm³/mol. The molecule has 1 aromatic rings. The highest BCUT2D eigenvalue weighted by molar-refractivity contribution is 5.69. The zero-order valence-corrected chi connectivity index (χ0v) is 9.97. The minimum Gasteiger partial charge on any atom is -0.462 e. The molecule has 0 atom stereocenters. The first-order valence-electron chi connectivity index (χ1n) is 5.49. The van der Waals surface area contributed by atoms with Crippen molar-refractivity contribution in [2.24, 2.45) is 0 Å². The second-order valence-corrected chi connectivity index (χ2v) is 3.94. The van der Waals surface area contributed by atoms with Crippen LogP contribution in [0.25, 0.3) is 0 Å². The van der Waals surface area contributed by atoms with Crippen LogP contribution in [0.4, 0.5) is 0 Å². The summed E-state index contributed by atoms with van der Waals surface area (Å²) in [5.41, 5.74) is -0.164. The number of imidazole rings is 1. The number of aryl methyl sites for hydroxylation is 1. The molecule has 0 aliphatic heterocycles. The molecule has 5 nitrogen and oxygen atoms in total. The van der Waals surface area contributed by atoms with Crippen LogP contribution in [-0.2, 0) is 22.6 Å². The Morgan fingerprint density at radius 3 is 2.56 bits per heavy atom. The van der Waals surface area contributed by atoms with Gasteiger partial charge in [0.1, 0.15) is 6.54 Å². The highest BCUT2D eigenvalue weighted by atomic mass is 16.5. The van der Waals surface area contributed by atoms with Crippen molar-refractivity contribution in [1.29, 1.82) is 0 Å². The van der Waals surface area contributed by atoms with Gasteiger partial charge in [0.25, 0.3) is 0 Å². The summed E-state index contributed by atoms with van der Waals surface area (Å²) in [7, 11) is 0. The number of carbonyl (C=O) groups is 1. The molecule has 0 bridgehead atoms. The van der Waals surface area contributed by atoms with Crippen molar-refractivity contribution in [2.45, 2.75) is 46.4 Å². The molecule has 90 valence electrons. The minimum absolute atomic E-state index is 0.0201. The summed E-state index contributed by atoms with van der Waals surface area (Å²) in [5, 5.41) is 0. The fourth-order valence-corrected chi connectivity index (χ4v) is 1.42. The van der Waals surface area contributed by atoms with Crippen molar-refractivity contribution in [2.75, 3.05) is 0 Å². The zero-order valence-electron chi connectivity index (χ0n) is 9.97. The van der Waals surface area contributed by atoms with Crippen LogP contribution in [0.5, 0.6) is 0 Å². The lowest BCUT2D eigenvalue weighted by Crippen LogP contribution is -2.28. The van der Waals surface area contributed by atoms with Crippen LogP contribution >= 0.6 is 0 Å². The van der Waals surface area contributed by atoms with Gasteiger partial charge < -0.3 is 4.74 Å². The van der Waals surface area contributed by atoms with E-state index in [2.05, 4.69) is 0 Å². The maximum Gasteiger partial charge on any atom is 0.328 e. The van der Waals surface area contributed by atoms with Crippen LogP contribution < -0.4 is 5.69 Å². The van der Waals surface area contributed by atoms with E-state index in [1.807, 2.05) is 6.92 Å². The number of carbonyl (C=O) groups excluding carboxylic acids is 1. The number of rotatable bonds is 5. The van der Waals surface area contributed by atoms with Gasteiger partial charge in [-0.2, -0.15) is 0 Å². The fraction of sp³-hybridized carbons (Fsp3) is 0.636. The Hall–Kier alpha value is -1.52. The van der Waals surface area contributed by atoms with Crippen LogP contribution in [0.3, 0.4) is 0 Å². The summed E-state index contributed by atoms with van der Waals surface area (Å²) in [6.45, 7) is 6.21. The molecule has 0 amide bonds. The van der Waals surface area contributed by atoms with Crippen molar-refractivity contribution in [3.63, 3.8) is 0 Å². The molecule has 0 aliphatic rings. The molecule has 0 N–H and O–H groups in total. The van der Waals surface area contributed by atoms with E-state index in [1.54, 1.807) is 30.8 Å². The standard InChI is InChI=1S/C11H18N2O3/c1-4-5-12-6-7-13(11(12)15)8-10(14)16-9(2)3/h6-7,9H,4-5,8H2,1-3H3. The van der Waals surface area contributed by atoms with Gasteiger partial charge >= 0.3 is 11.7 Å². The van der Waals surface area contributed by atoms with Crippen molar-refractivity contribution in [3.8, 4) is 0 Å². The van der Waals surface area contributed by atoms with Gasteiger partial charge in [-0.15, -0.1) is 0 Å². The topological polar surface area (TPSA) is 53.2 Å². The van der Waals surface area contributed by atoms with Gasteiger partial charge in [0.2, 0.25) is 0 Å². The molecular weight excluding hydrogens is 208 g/mol. The van der Waals surface area contributed by atoms with Gasteiger partial charge in [0, 0.05) is 18.9 Å². The van der Waals surface area contributed by atoms with Gasteiger partial charge in [-0.25, -0.2) is 4.79 Å². The maximum absolute atomic E-state index is 11.7. The van der Waals surface area contributed by atoms with Gasteiger partial charge in [-0.3, -0.25) is 13.9 Å². The van der Waals surface area contributed by atoms with Crippen LogP contribution in [0.1, 0.15) is 27.2 Å². The Bertz CT molecular complexity index is 404. The zero-order chi connectivity index (χ0) is 12.1. The SMILES string of the molecule is CCCn1ccn(CC(=O)OC(C)C)c1=O. The molecule has 0 radical (unpaired) electrons. The normalized spacial score (nSPS) is 10.8. The Morgan fingerprint density at radius 2 is 2.00 bits per heavy atom. The van der Waals surface area contributed by atoms with Gasteiger partial charge in [-0.05, 0) is 20.3 Å². The first-order chi connectivity index (χ1) is 7.54. The third-order valence-electron chi connectivity index (χ3n) is 2.05. The number of ether oxygens (including phenoxy) is 1. The molecule has 0 saturated heterocycles. The number of aromatic nitrogens is 2. The van der Waals surface area contributed by atoms with Gasteiger partial charge in [-0.1, -0.05) is 6.92 Å². The summed E-state index contributed by atoms with van der Waals surface area (Å²) < 4.78 is 7.92. The molecular formula is C11H18N2O3.